The number of benzene rings is 1. The first kappa shape index (κ1) is 22.6. The Morgan fingerprint density at radius 2 is 1.60 bits per heavy atom. The minimum absolute atomic E-state index is 0.211. The van der Waals surface area contributed by atoms with Crippen molar-refractivity contribution >= 4 is 11.9 Å². The molecular weight excluding hydrogens is 398 g/mol. The molecule has 0 saturated carbocycles. The van der Waals surface area contributed by atoms with Gasteiger partial charge < -0.3 is 33.8 Å². The molecule has 0 bridgehead atoms. The predicted molar refractivity (Wildman–Crippen MR) is 105 cm³/mol. The van der Waals surface area contributed by atoms with E-state index >= 15 is 0 Å². The van der Waals surface area contributed by atoms with E-state index < -0.39 is 29.2 Å². The van der Waals surface area contributed by atoms with Crippen LogP contribution in [-0.4, -0.2) is 57.6 Å². The van der Waals surface area contributed by atoms with Crippen molar-refractivity contribution < 1.29 is 38.4 Å². The Labute approximate surface area is 172 Å². The van der Waals surface area contributed by atoms with Crippen LogP contribution >= 0.6 is 0 Å². The molecule has 10 nitrogen and oxygen atoms in total. The molecule has 10 heteroatoms. The van der Waals surface area contributed by atoms with E-state index in [0.29, 0.717) is 11.3 Å². The van der Waals surface area contributed by atoms with E-state index in [1.165, 1.54) is 28.4 Å². The molecule has 162 valence electrons. The van der Waals surface area contributed by atoms with E-state index in [1.54, 1.807) is 12.1 Å². The number of aromatic hydroxyl groups is 1. The molecule has 1 aromatic carbocycles. The molecule has 1 heterocycles. The average Bonchev–Trinajstić information content (AvgIpc) is 2.76. The Bertz CT molecular complexity index is 971. The summed E-state index contributed by atoms with van der Waals surface area (Å²) in [6.45, 7) is 0. The van der Waals surface area contributed by atoms with Crippen LogP contribution in [-0.2, 0) is 14.3 Å². The lowest BCUT2D eigenvalue weighted by molar-refractivity contribution is -0.140. The van der Waals surface area contributed by atoms with Crippen LogP contribution in [0, 0.1) is 0 Å². The smallest absolute Gasteiger partial charge is 0.343 e. The Kier molecular flexibility index (Phi) is 7.29. The van der Waals surface area contributed by atoms with Crippen molar-refractivity contribution in [2.24, 2.45) is 0 Å². The third kappa shape index (κ3) is 4.32. The van der Waals surface area contributed by atoms with E-state index in [2.05, 4.69) is 9.72 Å². The van der Waals surface area contributed by atoms with Gasteiger partial charge in [0.25, 0.3) is 5.56 Å². The number of carbonyl (C=O) groups excluding carboxylic acids is 2. The summed E-state index contributed by atoms with van der Waals surface area (Å²) >= 11 is 0. The summed E-state index contributed by atoms with van der Waals surface area (Å²) in [7, 11) is 6.60. The molecule has 0 aliphatic carbocycles. The molecule has 0 aliphatic rings. The van der Waals surface area contributed by atoms with E-state index in [4.69, 9.17) is 18.9 Å². The lowest BCUT2D eigenvalue weighted by Gasteiger charge is -2.21. The number of pyridine rings is 1. The molecule has 2 rings (SSSR count). The Morgan fingerprint density at radius 1 is 1.00 bits per heavy atom. The summed E-state index contributed by atoms with van der Waals surface area (Å²) in [4.78, 5) is 39.1. The monoisotopic (exact) mass is 421 g/mol. The number of carbonyl (C=O) groups is 2. The van der Waals surface area contributed by atoms with Gasteiger partial charge in [-0.1, -0.05) is 0 Å². The number of aromatic nitrogens is 1. The molecule has 0 radical (unpaired) electrons. The van der Waals surface area contributed by atoms with Crippen LogP contribution < -0.4 is 19.8 Å². The van der Waals surface area contributed by atoms with Crippen LogP contribution in [0.15, 0.2) is 23.1 Å². The van der Waals surface area contributed by atoms with Crippen molar-refractivity contribution in [3.63, 3.8) is 0 Å². The molecule has 2 aromatic rings. The number of nitrogens with one attached hydrogen (secondary N) is 1. The van der Waals surface area contributed by atoms with Gasteiger partial charge in [-0.25, -0.2) is 4.79 Å². The highest BCUT2D eigenvalue weighted by Crippen LogP contribution is 2.43. The van der Waals surface area contributed by atoms with Crippen LogP contribution in [0.3, 0.4) is 0 Å². The van der Waals surface area contributed by atoms with E-state index in [1.807, 2.05) is 0 Å². The molecule has 1 atom stereocenters. The molecule has 2 N–H and O–H groups in total. The number of rotatable bonds is 8. The third-order valence-electron chi connectivity index (χ3n) is 4.54. The van der Waals surface area contributed by atoms with E-state index in [-0.39, 0.29) is 29.0 Å². The van der Waals surface area contributed by atoms with Gasteiger partial charge >= 0.3 is 11.9 Å². The van der Waals surface area contributed by atoms with Crippen LogP contribution in [0.2, 0.25) is 0 Å². The number of methoxy groups -OCH3 is 5. The maximum Gasteiger partial charge on any atom is 0.343 e. The lowest BCUT2D eigenvalue weighted by Crippen LogP contribution is -2.22. The molecular formula is C20H23NO9. The van der Waals surface area contributed by atoms with Gasteiger partial charge in [-0.15, -0.1) is 0 Å². The second-order valence-electron chi connectivity index (χ2n) is 6.08. The highest BCUT2D eigenvalue weighted by atomic mass is 16.5. The van der Waals surface area contributed by atoms with Gasteiger partial charge in [0.15, 0.2) is 11.5 Å². The van der Waals surface area contributed by atoms with Gasteiger partial charge in [-0.3, -0.25) is 9.59 Å². The SMILES string of the molecule is COC(=O)C[C@H](c1cc(OC)c(OC)c(OC)c1)c1c(O)c(C(=O)OC)c[nH]c1=O. The Morgan fingerprint density at radius 3 is 2.07 bits per heavy atom. The van der Waals surface area contributed by atoms with Gasteiger partial charge in [0, 0.05) is 12.1 Å². The van der Waals surface area contributed by atoms with Gasteiger partial charge in [0.2, 0.25) is 5.75 Å². The first-order valence-electron chi connectivity index (χ1n) is 8.72. The zero-order valence-corrected chi connectivity index (χ0v) is 17.2. The standard InChI is InChI=1S/C20H23NO9/c1-26-13-6-10(7-14(27-2)18(13)29-4)11(8-15(22)28-3)16-17(23)12(20(25)30-5)9-21-19(16)24/h6-7,9,11H,8H2,1-5H3,(H2,21,23,24)/t11-/m1/s1. The van der Waals surface area contributed by atoms with Gasteiger partial charge in [0.1, 0.15) is 11.3 Å². The number of H-pyrrole nitrogens is 1. The summed E-state index contributed by atoms with van der Waals surface area (Å²) in [6, 6.07) is 3.08. The van der Waals surface area contributed by atoms with E-state index in [0.717, 1.165) is 13.3 Å². The second kappa shape index (κ2) is 9.68. The average molecular weight is 421 g/mol. The topological polar surface area (TPSA) is 133 Å². The van der Waals surface area contributed by atoms with Crippen molar-refractivity contribution in [3.05, 3.63) is 45.4 Å². The quantitative estimate of drug-likeness (QED) is 0.609. The number of aromatic amines is 1. The summed E-state index contributed by atoms with van der Waals surface area (Å²) in [6.07, 6.45) is 0.730. The van der Waals surface area contributed by atoms with Gasteiger partial charge in [-0.05, 0) is 17.7 Å². The molecule has 0 saturated heterocycles. The number of esters is 2. The maximum atomic E-state index is 12.6. The summed E-state index contributed by atoms with van der Waals surface area (Å²) in [5, 5.41) is 10.7. The fourth-order valence-corrected chi connectivity index (χ4v) is 3.06. The largest absolute Gasteiger partial charge is 0.506 e. The van der Waals surface area contributed by atoms with Crippen LogP contribution in [0.1, 0.15) is 33.8 Å². The second-order valence-corrected chi connectivity index (χ2v) is 6.08. The molecule has 0 aliphatic heterocycles. The third-order valence-corrected chi connectivity index (χ3v) is 4.54. The minimum Gasteiger partial charge on any atom is -0.506 e. The van der Waals surface area contributed by atoms with Crippen molar-refractivity contribution in [2.75, 3.05) is 35.5 Å². The predicted octanol–water partition coefficient (Wildman–Crippen LogP) is 1.59. The van der Waals surface area contributed by atoms with Crippen molar-refractivity contribution in [2.45, 2.75) is 12.3 Å². The fraction of sp³-hybridized carbons (Fsp3) is 0.350. The maximum absolute atomic E-state index is 12.6. The molecule has 0 unspecified atom stereocenters. The van der Waals surface area contributed by atoms with Crippen molar-refractivity contribution in [1.82, 2.24) is 4.98 Å². The van der Waals surface area contributed by atoms with Crippen LogP contribution in [0.4, 0.5) is 0 Å². The lowest BCUT2D eigenvalue weighted by atomic mass is 9.87. The normalized spacial score (nSPS) is 11.4. The molecule has 0 amide bonds. The van der Waals surface area contributed by atoms with Crippen molar-refractivity contribution in [1.29, 1.82) is 0 Å². The van der Waals surface area contributed by atoms with E-state index in [9.17, 15) is 19.5 Å². The Balaban J connectivity index is 2.80. The fourth-order valence-electron chi connectivity index (χ4n) is 3.06. The number of hydrogen-bond acceptors (Lipinski definition) is 9. The minimum atomic E-state index is -1.00. The van der Waals surface area contributed by atoms with Gasteiger partial charge in [-0.2, -0.15) is 0 Å². The number of hydrogen-bond donors (Lipinski definition) is 2. The molecule has 0 fully saturated rings. The summed E-state index contributed by atoms with van der Waals surface area (Å²) in [5.41, 5.74) is -0.771. The Hall–Kier alpha value is -3.69. The van der Waals surface area contributed by atoms with Crippen LogP contribution in [0.5, 0.6) is 23.0 Å². The van der Waals surface area contributed by atoms with Crippen molar-refractivity contribution in [3.8, 4) is 23.0 Å². The zero-order valence-electron chi connectivity index (χ0n) is 17.2. The highest BCUT2D eigenvalue weighted by Gasteiger charge is 2.30. The summed E-state index contributed by atoms with van der Waals surface area (Å²) < 4.78 is 25.3. The van der Waals surface area contributed by atoms with Crippen LogP contribution in [0.25, 0.3) is 0 Å². The zero-order chi connectivity index (χ0) is 22.4. The first-order valence-corrected chi connectivity index (χ1v) is 8.72. The molecule has 1 aromatic heterocycles. The van der Waals surface area contributed by atoms with Gasteiger partial charge in [0.05, 0.1) is 47.5 Å². The summed E-state index contributed by atoms with van der Waals surface area (Å²) in [5.74, 6) is -2.24. The molecule has 30 heavy (non-hydrogen) atoms. The highest BCUT2D eigenvalue weighted by molar-refractivity contribution is 5.92. The number of ether oxygens (including phenoxy) is 5. The first-order chi connectivity index (χ1) is 14.3. The molecule has 0 spiro atoms.